The summed E-state index contributed by atoms with van der Waals surface area (Å²) in [6.07, 6.45) is -3.86. The third kappa shape index (κ3) is 3.53. The molecule has 1 aromatic rings. The van der Waals surface area contributed by atoms with Gasteiger partial charge in [0.25, 0.3) is 0 Å². The average Bonchev–Trinajstić information content (AvgIpc) is 3.18. The molecule has 2 unspecified atom stereocenters. The third-order valence-corrected chi connectivity index (χ3v) is 3.52. The first-order valence-corrected chi connectivity index (χ1v) is 6.40. The molecule has 0 saturated heterocycles. The Morgan fingerprint density at radius 2 is 1.86 bits per heavy atom. The molecule has 0 aliphatic heterocycles. The number of carboxylic acids is 1. The van der Waals surface area contributed by atoms with Crippen LogP contribution in [0.1, 0.15) is 30.4 Å². The fourth-order valence-corrected chi connectivity index (χ4v) is 2.15. The summed E-state index contributed by atoms with van der Waals surface area (Å²) in [5.74, 6) is -2.03. The number of nitrogens with one attached hydrogen (secondary N) is 1. The number of carbonyl (C=O) groups excluding carboxylic acids is 1. The van der Waals surface area contributed by atoms with Crippen LogP contribution in [0, 0.1) is 5.92 Å². The van der Waals surface area contributed by atoms with Crippen LogP contribution in [0.2, 0.25) is 0 Å². The zero-order valence-electron chi connectivity index (χ0n) is 11.1. The van der Waals surface area contributed by atoms with Crippen molar-refractivity contribution >= 4 is 11.9 Å². The number of carboxylic acid groups (broad SMARTS) is 1. The van der Waals surface area contributed by atoms with E-state index in [1.165, 1.54) is 19.1 Å². The number of carbonyl (C=O) groups is 2. The van der Waals surface area contributed by atoms with Gasteiger partial charge in [0.05, 0.1) is 5.56 Å². The molecule has 1 amide bonds. The average molecular weight is 301 g/mol. The molecule has 1 saturated carbocycles. The van der Waals surface area contributed by atoms with Gasteiger partial charge in [0, 0.05) is 5.92 Å². The number of hydrogen-bond donors (Lipinski definition) is 2. The molecular formula is C14H14F3NO3. The number of aliphatic carboxylic acids is 1. The van der Waals surface area contributed by atoms with Gasteiger partial charge in [-0.25, -0.2) is 0 Å². The highest BCUT2D eigenvalue weighted by Crippen LogP contribution is 2.48. The molecule has 114 valence electrons. The van der Waals surface area contributed by atoms with Crippen LogP contribution in [0.3, 0.4) is 0 Å². The van der Waals surface area contributed by atoms with Gasteiger partial charge in [-0.15, -0.1) is 0 Å². The van der Waals surface area contributed by atoms with E-state index < -0.39 is 23.8 Å². The van der Waals surface area contributed by atoms with Gasteiger partial charge in [0.1, 0.15) is 6.04 Å². The van der Waals surface area contributed by atoms with Crippen LogP contribution >= 0.6 is 0 Å². The molecule has 7 heteroatoms. The summed E-state index contributed by atoms with van der Waals surface area (Å²) in [6.45, 7) is 1.36. The molecule has 2 N–H and O–H groups in total. The molecule has 4 nitrogen and oxygen atoms in total. The van der Waals surface area contributed by atoms with E-state index in [1.807, 2.05) is 0 Å². The van der Waals surface area contributed by atoms with Crippen molar-refractivity contribution in [1.29, 1.82) is 0 Å². The Labute approximate surface area is 119 Å². The van der Waals surface area contributed by atoms with Crippen LogP contribution in [0.15, 0.2) is 24.3 Å². The van der Waals surface area contributed by atoms with E-state index in [4.69, 9.17) is 5.11 Å². The molecule has 1 aromatic carbocycles. The maximum atomic E-state index is 12.4. The summed E-state index contributed by atoms with van der Waals surface area (Å²) in [4.78, 5) is 22.4. The zero-order valence-corrected chi connectivity index (χ0v) is 11.1. The molecule has 1 aliphatic rings. The second kappa shape index (κ2) is 5.38. The monoisotopic (exact) mass is 301 g/mol. The van der Waals surface area contributed by atoms with Crippen LogP contribution < -0.4 is 5.32 Å². The molecule has 3 atom stereocenters. The number of benzene rings is 1. The largest absolute Gasteiger partial charge is 0.480 e. The minimum absolute atomic E-state index is 0.145. The number of halogens is 3. The van der Waals surface area contributed by atoms with Crippen molar-refractivity contribution in [3.05, 3.63) is 35.4 Å². The summed E-state index contributed by atoms with van der Waals surface area (Å²) < 4.78 is 37.3. The lowest BCUT2D eigenvalue weighted by molar-refractivity contribution is -0.141. The van der Waals surface area contributed by atoms with Crippen LogP contribution in [0.5, 0.6) is 0 Å². The molecule has 1 fully saturated rings. The van der Waals surface area contributed by atoms with Crippen molar-refractivity contribution in [2.75, 3.05) is 0 Å². The summed E-state index contributed by atoms with van der Waals surface area (Å²) >= 11 is 0. The number of hydrogen-bond acceptors (Lipinski definition) is 2. The normalized spacial score (nSPS) is 22.5. The minimum atomic E-state index is -4.38. The standard InChI is InChI=1S/C14H14F3NO3/c1-7(13(20)21)18-12(19)11-6-10(11)8-2-4-9(5-3-8)14(15,16)17/h2-5,7,10-11H,6H2,1H3,(H,18,19)(H,20,21)/t7-,10?,11?/m0/s1. The Morgan fingerprint density at radius 1 is 1.29 bits per heavy atom. The Balaban J connectivity index is 1.97. The molecule has 0 spiro atoms. The van der Waals surface area contributed by atoms with E-state index in [9.17, 15) is 22.8 Å². The summed E-state index contributed by atoms with van der Waals surface area (Å²) in [7, 11) is 0. The molecular weight excluding hydrogens is 287 g/mol. The minimum Gasteiger partial charge on any atom is -0.480 e. The fourth-order valence-electron chi connectivity index (χ4n) is 2.15. The van der Waals surface area contributed by atoms with Gasteiger partial charge >= 0.3 is 12.1 Å². The molecule has 0 heterocycles. The molecule has 1 aliphatic carbocycles. The first-order chi connectivity index (χ1) is 9.70. The molecule has 0 bridgehead atoms. The Bertz CT molecular complexity index is 554. The number of amides is 1. The maximum Gasteiger partial charge on any atom is 0.416 e. The highest BCUT2D eigenvalue weighted by molar-refractivity contribution is 5.87. The number of alkyl halides is 3. The first-order valence-electron chi connectivity index (χ1n) is 6.40. The van der Waals surface area contributed by atoms with E-state index in [2.05, 4.69) is 5.32 Å². The van der Waals surface area contributed by atoms with Crippen LogP contribution in [-0.4, -0.2) is 23.0 Å². The van der Waals surface area contributed by atoms with Gasteiger partial charge in [-0.05, 0) is 37.0 Å². The molecule has 2 rings (SSSR count). The molecule has 0 radical (unpaired) electrons. The summed E-state index contributed by atoms with van der Waals surface area (Å²) in [6, 6.07) is 3.72. The highest BCUT2D eigenvalue weighted by Gasteiger charge is 2.44. The first kappa shape index (κ1) is 15.3. The Morgan fingerprint density at radius 3 is 2.33 bits per heavy atom. The lowest BCUT2D eigenvalue weighted by Gasteiger charge is -2.09. The predicted molar refractivity (Wildman–Crippen MR) is 67.5 cm³/mol. The van der Waals surface area contributed by atoms with Crippen molar-refractivity contribution in [3.63, 3.8) is 0 Å². The van der Waals surface area contributed by atoms with Gasteiger partial charge in [-0.2, -0.15) is 13.2 Å². The topological polar surface area (TPSA) is 66.4 Å². The quantitative estimate of drug-likeness (QED) is 0.897. The van der Waals surface area contributed by atoms with Crippen molar-refractivity contribution in [2.24, 2.45) is 5.92 Å². The van der Waals surface area contributed by atoms with Crippen LogP contribution in [0.25, 0.3) is 0 Å². The van der Waals surface area contributed by atoms with Crippen molar-refractivity contribution in [2.45, 2.75) is 31.5 Å². The summed E-state index contributed by atoms with van der Waals surface area (Å²) in [5, 5.41) is 11.1. The fraction of sp³-hybridized carbons (Fsp3) is 0.429. The van der Waals surface area contributed by atoms with E-state index in [0.717, 1.165) is 12.1 Å². The molecule has 21 heavy (non-hydrogen) atoms. The van der Waals surface area contributed by atoms with E-state index in [-0.39, 0.29) is 17.7 Å². The van der Waals surface area contributed by atoms with Crippen molar-refractivity contribution in [3.8, 4) is 0 Å². The highest BCUT2D eigenvalue weighted by atomic mass is 19.4. The molecule has 0 aromatic heterocycles. The van der Waals surface area contributed by atoms with Crippen molar-refractivity contribution < 1.29 is 27.9 Å². The smallest absolute Gasteiger partial charge is 0.416 e. The lowest BCUT2D eigenvalue weighted by Crippen LogP contribution is -2.39. The van der Waals surface area contributed by atoms with Gasteiger partial charge in [-0.1, -0.05) is 12.1 Å². The van der Waals surface area contributed by atoms with Gasteiger partial charge in [-0.3, -0.25) is 9.59 Å². The third-order valence-electron chi connectivity index (χ3n) is 3.52. The predicted octanol–water partition coefficient (Wildman–Crippen LogP) is 2.40. The summed E-state index contributed by atoms with van der Waals surface area (Å²) in [5.41, 5.74) is -0.0708. The van der Waals surface area contributed by atoms with Crippen LogP contribution in [0.4, 0.5) is 13.2 Å². The second-order valence-corrected chi connectivity index (χ2v) is 5.14. The van der Waals surface area contributed by atoms with Gasteiger partial charge in [0.2, 0.25) is 5.91 Å². The van der Waals surface area contributed by atoms with Crippen molar-refractivity contribution in [1.82, 2.24) is 5.32 Å². The lowest BCUT2D eigenvalue weighted by atomic mass is 10.1. The zero-order chi connectivity index (χ0) is 15.8. The number of rotatable bonds is 4. The van der Waals surface area contributed by atoms with Gasteiger partial charge in [0.15, 0.2) is 0 Å². The van der Waals surface area contributed by atoms with Gasteiger partial charge < -0.3 is 10.4 Å². The van der Waals surface area contributed by atoms with E-state index in [1.54, 1.807) is 0 Å². The Kier molecular flexibility index (Phi) is 3.93. The van der Waals surface area contributed by atoms with Crippen LogP contribution in [-0.2, 0) is 15.8 Å². The second-order valence-electron chi connectivity index (χ2n) is 5.14. The Hall–Kier alpha value is -2.05. The van der Waals surface area contributed by atoms with E-state index in [0.29, 0.717) is 12.0 Å². The maximum absolute atomic E-state index is 12.4. The SMILES string of the molecule is C[C@H](NC(=O)C1CC1c1ccc(C(F)(F)F)cc1)C(=O)O. The van der Waals surface area contributed by atoms with E-state index >= 15 is 0 Å².